The Hall–Kier alpha value is -2.94. The third-order valence-corrected chi connectivity index (χ3v) is 6.36. The number of amides is 1. The molecule has 1 amide bonds. The quantitative estimate of drug-likeness (QED) is 0.437. The van der Waals surface area contributed by atoms with Crippen LogP contribution in [0, 0.1) is 24.0 Å². The van der Waals surface area contributed by atoms with Crippen LogP contribution in [0.1, 0.15) is 48.9 Å². The van der Waals surface area contributed by atoms with Crippen LogP contribution in [-0.4, -0.2) is 32.0 Å². The van der Waals surface area contributed by atoms with E-state index in [-0.39, 0.29) is 42.7 Å². The van der Waals surface area contributed by atoms with Gasteiger partial charge in [0.15, 0.2) is 0 Å². The van der Waals surface area contributed by atoms with E-state index in [0.717, 1.165) is 28.1 Å². The van der Waals surface area contributed by atoms with Crippen molar-refractivity contribution in [1.29, 1.82) is 0 Å². The van der Waals surface area contributed by atoms with E-state index in [0.29, 0.717) is 0 Å². The minimum absolute atomic E-state index is 0.0495. The van der Waals surface area contributed by atoms with Gasteiger partial charge in [-0.1, -0.05) is 31.2 Å². The van der Waals surface area contributed by atoms with Gasteiger partial charge in [0.1, 0.15) is 0 Å². The van der Waals surface area contributed by atoms with E-state index in [1.165, 1.54) is 29.8 Å². The number of hydrogen-bond acceptors (Lipinski definition) is 5. The number of carbonyl (C=O) groups is 1. The first-order valence-corrected chi connectivity index (χ1v) is 12.0. The van der Waals surface area contributed by atoms with Crippen molar-refractivity contribution in [2.45, 2.75) is 46.1 Å². The van der Waals surface area contributed by atoms with Crippen LogP contribution in [0.2, 0.25) is 0 Å². The summed E-state index contributed by atoms with van der Waals surface area (Å²) in [4.78, 5) is 22.9. The van der Waals surface area contributed by atoms with E-state index in [4.69, 9.17) is 0 Å². The zero-order chi connectivity index (χ0) is 23.2. The normalized spacial score (nSPS) is 12.3. The van der Waals surface area contributed by atoms with Crippen LogP contribution in [-0.2, 0) is 14.8 Å². The van der Waals surface area contributed by atoms with Crippen LogP contribution in [0.3, 0.4) is 0 Å². The van der Waals surface area contributed by atoms with Gasteiger partial charge in [-0.25, -0.2) is 8.42 Å². The minimum atomic E-state index is -3.66. The molecule has 8 nitrogen and oxygen atoms in total. The Bertz CT molecular complexity index is 1050. The fourth-order valence-electron chi connectivity index (χ4n) is 3.30. The van der Waals surface area contributed by atoms with Gasteiger partial charge in [-0.2, -0.15) is 0 Å². The number of hydrogen-bond donors (Lipinski definition) is 1. The maximum absolute atomic E-state index is 12.5. The van der Waals surface area contributed by atoms with Gasteiger partial charge in [0.2, 0.25) is 15.9 Å². The number of nitrogens with zero attached hydrogens (tertiary/aromatic N) is 2. The summed E-state index contributed by atoms with van der Waals surface area (Å²) < 4.78 is 25.5. The maximum Gasteiger partial charge on any atom is 0.271 e. The lowest BCUT2D eigenvalue weighted by Gasteiger charge is -2.23. The Morgan fingerprint density at radius 3 is 2.45 bits per heavy atom. The molecule has 2 aromatic carbocycles. The lowest BCUT2D eigenvalue weighted by Crippen LogP contribution is -2.33. The molecule has 9 heteroatoms. The molecule has 0 aromatic heterocycles. The third kappa shape index (κ3) is 6.78. The van der Waals surface area contributed by atoms with Crippen molar-refractivity contribution in [3.63, 3.8) is 0 Å². The Labute approximate surface area is 183 Å². The first-order valence-electron chi connectivity index (χ1n) is 10.1. The van der Waals surface area contributed by atoms with Crippen molar-refractivity contribution in [1.82, 2.24) is 5.32 Å². The molecule has 0 fully saturated rings. The number of nitrogens with one attached hydrogen (secondary N) is 1. The van der Waals surface area contributed by atoms with Crippen LogP contribution >= 0.6 is 0 Å². The number of benzene rings is 2. The van der Waals surface area contributed by atoms with Gasteiger partial charge < -0.3 is 5.32 Å². The monoisotopic (exact) mass is 447 g/mol. The van der Waals surface area contributed by atoms with Crippen LogP contribution in [0.25, 0.3) is 0 Å². The number of nitro groups is 1. The Morgan fingerprint density at radius 2 is 1.87 bits per heavy atom. The largest absolute Gasteiger partial charge is 0.349 e. The van der Waals surface area contributed by atoms with Gasteiger partial charge in [-0.05, 0) is 49.4 Å². The van der Waals surface area contributed by atoms with Crippen molar-refractivity contribution in [2.24, 2.45) is 0 Å². The second kappa shape index (κ2) is 10.4. The van der Waals surface area contributed by atoms with Gasteiger partial charge in [0.25, 0.3) is 5.69 Å². The fourth-order valence-corrected chi connectivity index (χ4v) is 4.26. The summed E-state index contributed by atoms with van der Waals surface area (Å²) in [7, 11) is -3.66. The molecular weight excluding hydrogens is 418 g/mol. The number of aryl methyl sites for hydroxylation is 2. The third-order valence-electron chi connectivity index (χ3n) is 5.17. The molecule has 1 N–H and O–H groups in total. The van der Waals surface area contributed by atoms with Crippen LogP contribution < -0.4 is 9.62 Å². The molecule has 1 atom stereocenters. The second-order valence-corrected chi connectivity index (χ2v) is 9.49. The van der Waals surface area contributed by atoms with Crippen molar-refractivity contribution in [3.8, 4) is 0 Å². The first kappa shape index (κ1) is 24.3. The van der Waals surface area contributed by atoms with Crippen LogP contribution in [0.15, 0.2) is 42.5 Å². The predicted molar refractivity (Wildman–Crippen MR) is 122 cm³/mol. The molecule has 0 spiro atoms. The number of anilines is 1. The molecular formula is C22H29N3O5S. The smallest absolute Gasteiger partial charge is 0.271 e. The molecule has 0 saturated carbocycles. The van der Waals surface area contributed by atoms with Gasteiger partial charge in [-0.15, -0.1) is 0 Å². The molecule has 31 heavy (non-hydrogen) atoms. The van der Waals surface area contributed by atoms with Gasteiger partial charge in [-0.3, -0.25) is 19.2 Å². The van der Waals surface area contributed by atoms with Gasteiger partial charge in [0, 0.05) is 25.1 Å². The van der Waals surface area contributed by atoms with Crippen LogP contribution in [0.4, 0.5) is 11.4 Å². The zero-order valence-electron chi connectivity index (χ0n) is 18.3. The van der Waals surface area contributed by atoms with E-state index in [2.05, 4.69) is 11.4 Å². The molecule has 0 aliphatic heterocycles. The number of sulfonamides is 1. The number of nitro benzene ring substituents is 1. The molecule has 0 bridgehead atoms. The van der Waals surface area contributed by atoms with Crippen molar-refractivity contribution >= 4 is 27.3 Å². The Morgan fingerprint density at radius 1 is 1.16 bits per heavy atom. The molecule has 0 heterocycles. The predicted octanol–water partition coefficient (Wildman–Crippen LogP) is 4.03. The topological polar surface area (TPSA) is 110 Å². The molecule has 0 radical (unpaired) electrons. The molecule has 168 valence electrons. The summed E-state index contributed by atoms with van der Waals surface area (Å²) >= 11 is 0. The Balaban J connectivity index is 2.03. The SMILES string of the molecule is CC[C@H](NC(=O)CCCN(c1cccc([N+](=O)[O-])c1)S(C)(=O)=O)c1ccc(C)c(C)c1. The standard InChI is InChI=1S/C22H29N3O5S/c1-5-21(18-12-11-16(2)17(3)14-18)23-22(26)10-7-13-24(31(4,29)30)19-8-6-9-20(15-19)25(27)28/h6,8-9,11-12,14-15,21H,5,7,10,13H2,1-4H3,(H,23,26)/t21-/m0/s1. The summed E-state index contributed by atoms with van der Waals surface area (Å²) in [6.45, 7) is 6.11. The van der Waals surface area contributed by atoms with Crippen molar-refractivity contribution < 1.29 is 18.1 Å². The highest BCUT2D eigenvalue weighted by atomic mass is 32.2. The number of non-ortho nitro benzene ring substituents is 1. The Kier molecular flexibility index (Phi) is 8.15. The summed E-state index contributed by atoms with van der Waals surface area (Å²) in [6, 6.07) is 11.4. The lowest BCUT2D eigenvalue weighted by molar-refractivity contribution is -0.384. The zero-order valence-corrected chi connectivity index (χ0v) is 19.1. The molecule has 0 unspecified atom stereocenters. The maximum atomic E-state index is 12.5. The van der Waals surface area contributed by atoms with E-state index in [9.17, 15) is 23.3 Å². The fraction of sp³-hybridized carbons (Fsp3) is 0.409. The highest BCUT2D eigenvalue weighted by Gasteiger charge is 2.20. The average Bonchev–Trinajstić information content (AvgIpc) is 2.70. The summed E-state index contributed by atoms with van der Waals surface area (Å²) in [5.41, 5.74) is 3.40. The van der Waals surface area contributed by atoms with E-state index >= 15 is 0 Å². The van der Waals surface area contributed by atoms with Gasteiger partial charge >= 0.3 is 0 Å². The average molecular weight is 448 g/mol. The highest BCUT2D eigenvalue weighted by Crippen LogP contribution is 2.24. The number of carbonyl (C=O) groups excluding carboxylic acids is 1. The minimum Gasteiger partial charge on any atom is -0.349 e. The molecule has 2 rings (SSSR count). The van der Waals surface area contributed by atoms with E-state index in [1.807, 2.05) is 32.9 Å². The first-order chi connectivity index (χ1) is 14.5. The van der Waals surface area contributed by atoms with Crippen molar-refractivity contribution in [2.75, 3.05) is 17.1 Å². The molecule has 2 aromatic rings. The van der Waals surface area contributed by atoms with Crippen molar-refractivity contribution in [3.05, 3.63) is 69.3 Å². The summed E-state index contributed by atoms with van der Waals surface area (Å²) in [5, 5.41) is 14.0. The molecule has 0 saturated heterocycles. The van der Waals surface area contributed by atoms with E-state index in [1.54, 1.807) is 0 Å². The summed E-state index contributed by atoms with van der Waals surface area (Å²) in [6.07, 6.45) is 2.20. The second-order valence-electron chi connectivity index (χ2n) is 7.59. The molecule has 0 aliphatic carbocycles. The lowest BCUT2D eigenvalue weighted by atomic mass is 9.99. The highest BCUT2D eigenvalue weighted by molar-refractivity contribution is 7.92. The number of rotatable bonds is 10. The van der Waals surface area contributed by atoms with Crippen LogP contribution in [0.5, 0.6) is 0 Å². The van der Waals surface area contributed by atoms with E-state index < -0.39 is 14.9 Å². The van der Waals surface area contributed by atoms with Gasteiger partial charge in [0.05, 0.1) is 22.9 Å². The summed E-state index contributed by atoms with van der Waals surface area (Å²) in [5.74, 6) is -0.169. The molecule has 0 aliphatic rings.